The van der Waals surface area contributed by atoms with Crippen LogP contribution >= 0.6 is 23.2 Å². The molecule has 0 saturated carbocycles. The van der Waals surface area contributed by atoms with E-state index in [2.05, 4.69) is 10.5 Å². The van der Waals surface area contributed by atoms with Gasteiger partial charge in [0.1, 0.15) is 12.4 Å². The maximum absolute atomic E-state index is 13.3. The van der Waals surface area contributed by atoms with Crippen molar-refractivity contribution in [2.24, 2.45) is 5.92 Å². The van der Waals surface area contributed by atoms with E-state index in [1.165, 1.54) is 0 Å². The number of hydrazine groups is 1. The van der Waals surface area contributed by atoms with Gasteiger partial charge < -0.3 is 14.6 Å². The number of carbonyl (C=O) groups is 2. The van der Waals surface area contributed by atoms with Gasteiger partial charge in [0, 0.05) is 29.2 Å². The Hall–Kier alpha value is -3.11. The Morgan fingerprint density at radius 3 is 2.46 bits per heavy atom. The van der Waals surface area contributed by atoms with Crippen LogP contribution in [0.1, 0.15) is 28.9 Å². The molecule has 1 aliphatic heterocycles. The second-order valence-electron chi connectivity index (χ2n) is 8.84. The highest BCUT2D eigenvalue weighted by molar-refractivity contribution is 6.35. The van der Waals surface area contributed by atoms with Crippen molar-refractivity contribution >= 4 is 35.1 Å². The Morgan fingerprint density at radius 2 is 1.84 bits per heavy atom. The number of methoxy groups -OCH3 is 1. The minimum atomic E-state index is -0.978. The lowest BCUT2D eigenvalue weighted by Crippen LogP contribution is -2.47. The summed E-state index contributed by atoms with van der Waals surface area (Å²) >= 11 is 12.6. The Balaban J connectivity index is 1.56. The first kappa shape index (κ1) is 26.9. The van der Waals surface area contributed by atoms with Crippen LogP contribution < -0.4 is 10.2 Å². The zero-order valence-electron chi connectivity index (χ0n) is 20.5. The van der Waals surface area contributed by atoms with Gasteiger partial charge in [-0.25, -0.2) is 14.5 Å². The maximum atomic E-state index is 13.3. The average molecular weight is 547 g/mol. The van der Waals surface area contributed by atoms with Gasteiger partial charge in [-0.05, 0) is 68.1 Å². The first-order valence-corrected chi connectivity index (χ1v) is 12.6. The molecule has 0 bridgehead atoms. The van der Waals surface area contributed by atoms with Gasteiger partial charge in [0.05, 0.1) is 30.1 Å². The van der Waals surface area contributed by atoms with Gasteiger partial charge in [-0.1, -0.05) is 23.2 Å². The van der Waals surface area contributed by atoms with Crippen molar-refractivity contribution in [3.63, 3.8) is 0 Å². The predicted octanol–water partition coefficient (Wildman–Crippen LogP) is 4.62. The van der Waals surface area contributed by atoms with Crippen LogP contribution in [0, 0.1) is 12.8 Å². The van der Waals surface area contributed by atoms with Crippen LogP contribution in [0.4, 0.5) is 0 Å². The van der Waals surface area contributed by atoms with Crippen molar-refractivity contribution in [1.82, 2.24) is 20.2 Å². The largest absolute Gasteiger partial charge is 0.497 e. The third-order valence-corrected chi connectivity index (χ3v) is 6.83. The number of aliphatic carboxylic acids is 1. The molecule has 37 heavy (non-hydrogen) atoms. The summed E-state index contributed by atoms with van der Waals surface area (Å²) in [6.45, 7) is 3.20. The highest BCUT2D eigenvalue weighted by atomic mass is 35.5. The maximum Gasteiger partial charge on any atom is 0.329 e. The number of nitrogens with one attached hydrogen (secondary N) is 1. The van der Waals surface area contributed by atoms with Gasteiger partial charge in [-0.15, -0.1) is 0 Å². The number of nitrogens with zero attached hydrogens (tertiary/aromatic N) is 3. The molecule has 2 heterocycles. The third kappa shape index (κ3) is 6.42. The average Bonchev–Trinajstić information content (AvgIpc) is 3.21. The number of piperidine rings is 1. The summed E-state index contributed by atoms with van der Waals surface area (Å²) in [4.78, 5) is 24.0. The van der Waals surface area contributed by atoms with E-state index in [-0.39, 0.29) is 24.1 Å². The summed E-state index contributed by atoms with van der Waals surface area (Å²) in [5, 5.41) is 16.2. The van der Waals surface area contributed by atoms with E-state index in [0.717, 1.165) is 24.1 Å². The molecule has 0 unspecified atom stereocenters. The lowest BCUT2D eigenvalue weighted by Gasteiger charge is -2.31. The molecule has 3 aromatic rings. The Labute approximate surface area is 224 Å². The van der Waals surface area contributed by atoms with E-state index in [4.69, 9.17) is 37.8 Å². The summed E-state index contributed by atoms with van der Waals surface area (Å²) in [7, 11) is 1.60. The molecule has 0 radical (unpaired) electrons. The van der Waals surface area contributed by atoms with Gasteiger partial charge in [0.2, 0.25) is 0 Å². The number of halogens is 2. The molecular formula is C26H28Cl2N4O5. The smallest absolute Gasteiger partial charge is 0.329 e. The number of hydrogen-bond acceptors (Lipinski definition) is 6. The fourth-order valence-corrected chi connectivity index (χ4v) is 4.84. The van der Waals surface area contributed by atoms with Crippen molar-refractivity contribution in [2.75, 3.05) is 33.4 Å². The molecule has 196 valence electrons. The molecule has 11 heteroatoms. The summed E-state index contributed by atoms with van der Waals surface area (Å²) in [5.41, 5.74) is 6.12. The van der Waals surface area contributed by atoms with Crippen molar-refractivity contribution < 1.29 is 24.2 Å². The van der Waals surface area contributed by atoms with Gasteiger partial charge in [-0.2, -0.15) is 5.10 Å². The molecule has 2 N–H and O–H groups in total. The van der Waals surface area contributed by atoms with Gasteiger partial charge in [-0.3, -0.25) is 10.2 Å². The summed E-state index contributed by atoms with van der Waals surface area (Å²) in [6.07, 6.45) is 1.57. The lowest BCUT2D eigenvalue weighted by molar-refractivity contribution is -0.142. The van der Waals surface area contributed by atoms with E-state index >= 15 is 0 Å². The normalized spacial score (nSPS) is 14.5. The standard InChI is InChI=1S/C26H28Cl2N4O5/c1-16-24(26(35)30-31-11-9-17(10-12-31)14-37-15-23(33)34)29-32(22-8-5-19(27)13-21(22)28)25(16)18-3-6-20(36-2)7-4-18/h3-8,13,17H,9-12,14-15H2,1-2H3,(H,30,35)(H,33,34). The van der Waals surface area contributed by atoms with Crippen LogP contribution in [0.5, 0.6) is 5.75 Å². The van der Waals surface area contributed by atoms with Crippen molar-refractivity contribution in [1.29, 1.82) is 0 Å². The van der Waals surface area contributed by atoms with Crippen molar-refractivity contribution in [3.05, 3.63) is 63.8 Å². The predicted molar refractivity (Wildman–Crippen MR) is 141 cm³/mol. The monoisotopic (exact) mass is 546 g/mol. The fourth-order valence-electron chi connectivity index (χ4n) is 4.35. The zero-order chi connectivity index (χ0) is 26.5. The number of hydrogen-bond donors (Lipinski definition) is 2. The number of carboxylic acid groups (broad SMARTS) is 1. The van der Waals surface area contributed by atoms with E-state index in [1.54, 1.807) is 30.0 Å². The summed E-state index contributed by atoms with van der Waals surface area (Å²) in [5.74, 6) is -0.334. The molecule has 1 saturated heterocycles. The number of amides is 1. The topological polar surface area (TPSA) is 106 Å². The zero-order valence-corrected chi connectivity index (χ0v) is 22.1. The Bertz CT molecular complexity index is 1270. The summed E-state index contributed by atoms with van der Waals surface area (Å²) in [6, 6.07) is 12.6. The molecule has 4 rings (SSSR count). The molecule has 1 aromatic heterocycles. The summed E-state index contributed by atoms with van der Waals surface area (Å²) < 4.78 is 12.2. The molecule has 0 spiro atoms. The van der Waals surface area contributed by atoms with Crippen molar-refractivity contribution in [3.8, 4) is 22.7 Å². The lowest BCUT2D eigenvalue weighted by atomic mass is 9.99. The molecule has 1 amide bonds. The molecule has 2 aromatic carbocycles. The first-order valence-electron chi connectivity index (χ1n) is 11.8. The highest BCUT2D eigenvalue weighted by Gasteiger charge is 2.26. The minimum Gasteiger partial charge on any atom is -0.497 e. The van der Waals surface area contributed by atoms with Crippen LogP contribution in [0.25, 0.3) is 16.9 Å². The van der Waals surface area contributed by atoms with Gasteiger partial charge >= 0.3 is 5.97 Å². The van der Waals surface area contributed by atoms with Crippen LogP contribution in [-0.4, -0.2) is 65.2 Å². The number of rotatable bonds is 9. The molecule has 0 atom stereocenters. The quantitative estimate of drug-likeness (QED) is 0.403. The SMILES string of the molecule is COc1ccc(-c2c(C)c(C(=O)NN3CCC(COCC(=O)O)CC3)nn2-c2ccc(Cl)cc2Cl)cc1. The Kier molecular flexibility index (Phi) is 8.71. The molecule has 0 aliphatic carbocycles. The number of aromatic nitrogens is 2. The van der Waals surface area contributed by atoms with Crippen LogP contribution in [0.2, 0.25) is 10.0 Å². The fraction of sp³-hybridized carbons (Fsp3) is 0.346. The molecule has 9 nitrogen and oxygen atoms in total. The van der Waals surface area contributed by atoms with E-state index in [9.17, 15) is 9.59 Å². The molecule has 1 aliphatic rings. The van der Waals surface area contributed by atoms with E-state index in [0.29, 0.717) is 46.7 Å². The van der Waals surface area contributed by atoms with Gasteiger partial charge in [0.15, 0.2) is 5.69 Å². The number of benzene rings is 2. The third-order valence-electron chi connectivity index (χ3n) is 6.29. The molecule has 1 fully saturated rings. The minimum absolute atomic E-state index is 0.252. The van der Waals surface area contributed by atoms with Crippen LogP contribution in [0.3, 0.4) is 0 Å². The van der Waals surface area contributed by atoms with E-state index < -0.39 is 5.97 Å². The van der Waals surface area contributed by atoms with Crippen LogP contribution in [-0.2, 0) is 9.53 Å². The van der Waals surface area contributed by atoms with Crippen molar-refractivity contribution in [2.45, 2.75) is 19.8 Å². The number of ether oxygens (including phenoxy) is 2. The molecular weight excluding hydrogens is 519 g/mol. The Morgan fingerprint density at radius 1 is 1.14 bits per heavy atom. The second kappa shape index (κ2) is 12.0. The van der Waals surface area contributed by atoms with Crippen LogP contribution in [0.15, 0.2) is 42.5 Å². The number of carbonyl (C=O) groups excluding carboxylic acids is 1. The highest BCUT2D eigenvalue weighted by Crippen LogP contribution is 2.33. The van der Waals surface area contributed by atoms with E-state index in [1.807, 2.05) is 36.2 Å². The van der Waals surface area contributed by atoms with Gasteiger partial charge in [0.25, 0.3) is 5.91 Å². The second-order valence-corrected chi connectivity index (χ2v) is 9.68. The first-order chi connectivity index (χ1) is 17.8. The number of carboxylic acids is 1.